The minimum Gasteiger partial charge on any atom is -0.448 e. The van der Waals surface area contributed by atoms with E-state index in [2.05, 4.69) is 5.16 Å². The van der Waals surface area contributed by atoms with Gasteiger partial charge in [-0.1, -0.05) is 35.5 Å². The topological polar surface area (TPSA) is 91.0 Å². The molecular weight excluding hydrogens is 300 g/mol. The van der Waals surface area contributed by atoms with Gasteiger partial charge in [0.25, 0.3) is 5.69 Å². The summed E-state index contributed by atoms with van der Waals surface area (Å²) >= 11 is 0. The molecule has 0 N–H and O–H groups in total. The summed E-state index contributed by atoms with van der Waals surface area (Å²) in [6.07, 6.45) is -0.611. The summed E-state index contributed by atoms with van der Waals surface area (Å²) in [5, 5.41) is 14.5. The lowest BCUT2D eigenvalue weighted by atomic mass is 10.1. The summed E-state index contributed by atoms with van der Waals surface area (Å²) in [5.74, 6) is -0.584. The van der Waals surface area contributed by atoms with E-state index in [0.717, 1.165) is 5.56 Å². The van der Waals surface area contributed by atoms with Crippen molar-refractivity contribution in [3.05, 3.63) is 75.8 Å². The van der Waals surface area contributed by atoms with E-state index in [1.54, 1.807) is 0 Å². The summed E-state index contributed by atoms with van der Waals surface area (Å²) in [6, 6.07) is 14.5. The smallest absolute Gasteiger partial charge is 0.338 e. The average Bonchev–Trinajstić information content (AvgIpc) is 3.04. The molecule has 1 aliphatic rings. The van der Waals surface area contributed by atoms with Crippen LogP contribution in [0.1, 0.15) is 15.9 Å². The van der Waals surface area contributed by atoms with Gasteiger partial charge in [0, 0.05) is 17.7 Å². The van der Waals surface area contributed by atoms with Crippen LogP contribution < -0.4 is 0 Å². The van der Waals surface area contributed by atoms with Crippen molar-refractivity contribution in [2.45, 2.75) is 6.10 Å². The van der Waals surface area contributed by atoms with Gasteiger partial charge in [-0.05, 0) is 12.1 Å². The van der Waals surface area contributed by atoms with E-state index >= 15 is 0 Å². The van der Waals surface area contributed by atoms with Gasteiger partial charge in [0.15, 0.2) is 12.7 Å². The molecule has 0 saturated heterocycles. The van der Waals surface area contributed by atoms with E-state index in [9.17, 15) is 14.9 Å². The largest absolute Gasteiger partial charge is 0.448 e. The molecule has 1 unspecified atom stereocenters. The maximum Gasteiger partial charge on any atom is 0.338 e. The Balaban J connectivity index is 1.72. The summed E-state index contributed by atoms with van der Waals surface area (Å²) in [5.41, 5.74) is 1.50. The number of rotatable bonds is 4. The number of nitro benzene ring substituents is 1. The zero-order chi connectivity index (χ0) is 16.2. The third-order valence-electron chi connectivity index (χ3n) is 3.33. The predicted molar refractivity (Wildman–Crippen MR) is 81.2 cm³/mol. The third-order valence-corrected chi connectivity index (χ3v) is 3.33. The lowest BCUT2D eigenvalue weighted by molar-refractivity contribution is -0.384. The van der Waals surface area contributed by atoms with Crippen molar-refractivity contribution in [1.29, 1.82) is 0 Å². The number of esters is 1. The van der Waals surface area contributed by atoms with Crippen LogP contribution >= 0.6 is 0 Å². The number of nitrogens with zero attached hydrogens (tertiary/aromatic N) is 2. The van der Waals surface area contributed by atoms with Crippen LogP contribution in [0.3, 0.4) is 0 Å². The maximum absolute atomic E-state index is 12.2. The quantitative estimate of drug-likeness (QED) is 0.491. The first-order valence-electron chi connectivity index (χ1n) is 6.86. The highest BCUT2D eigenvalue weighted by Gasteiger charge is 2.29. The SMILES string of the molecule is O=C(OC1CON=C1c1ccccc1)c1ccc([N+](=O)[O-])cc1. The zero-order valence-electron chi connectivity index (χ0n) is 11.9. The Morgan fingerprint density at radius 2 is 1.87 bits per heavy atom. The second kappa shape index (κ2) is 6.27. The number of hydrogen-bond acceptors (Lipinski definition) is 6. The third kappa shape index (κ3) is 3.18. The molecule has 0 radical (unpaired) electrons. The molecular formula is C16H12N2O5. The molecule has 2 aromatic carbocycles. The van der Waals surface area contributed by atoms with Crippen molar-refractivity contribution < 1.29 is 19.3 Å². The van der Waals surface area contributed by atoms with E-state index < -0.39 is 17.0 Å². The van der Waals surface area contributed by atoms with Crippen molar-refractivity contribution in [2.75, 3.05) is 6.61 Å². The zero-order valence-corrected chi connectivity index (χ0v) is 11.9. The molecule has 7 nitrogen and oxygen atoms in total. The van der Waals surface area contributed by atoms with Crippen molar-refractivity contribution in [2.24, 2.45) is 5.16 Å². The minimum absolute atomic E-state index is 0.0858. The van der Waals surface area contributed by atoms with Gasteiger partial charge in [-0.25, -0.2) is 4.79 Å². The molecule has 116 valence electrons. The Hall–Kier alpha value is -3.22. The van der Waals surface area contributed by atoms with Gasteiger partial charge in [-0.15, -0.1) is 0 Å². The highest BCUT2D eigenvalue weighted by atomic mass is 16.7. The molecule has 1 atom stereocenters. The molecule has 23 heavy (non-hydrogen) atoms. The van der Waals surface area contributed by atoms with Gasteiger partial charge in [-0.3, -0.25) is 10.1 Å². The monoisotopic (exact) mass is 312 g/mol. The number of ether oxygens (including phenoxy) is 1. The number of carbonyl (C=O) groups is 1. The standard InChI is InChI=1S/C16H12N2O5/c19-16(12-6-8-13(9-7-12)18(20)21)23-14-10-22-17-15(14)11-4-2-1-3-5-11/h1-9,14H,10H2. The van der Waals surface area contributed by atoms with Crippen LogP contribution in [0.2, 0.25) is 0 Å². The van der Waals surface area contributed by atoms with Gasteiger partial charge in [0.1, 0.15) is 5.71 Å². The van der Waals surface area contributed by atoms with Crippen LogP contribution in [0, 0.1) is 10.1 Å². The molecule has 0 saturated carbocycles. The molecule has 0 aromatic heterocycles. The molecule has 7 heteroatoms. The minimum atomic E-state index is -0.611. The van der Waals surface area contributed by atoms with Gasteiger partial charge >= 0.3 is 5.97 Å². The number of nitro groups is 1. The van der Waals surface area contributed by atoms with Crippen LogP contribution in [0.15, 0.2) is 59.8 Å². The first-order valence-corrected chi connectivity index (χ1v) is 6.86. The van der Waals surface area contributed by atoms with Gasteiger partial charge in [0.2, 0.25) is 0 Å². The lowest BCUT2D eigenvalue weighted by Crippen LogP contribution is -2.27. The number of non-ortho nitro benzene ring substituents is 1. The van der Waals surface area contributed by atoms with Crippen LogP contribution in [-0.4, -0.2) is 29.3 Å². The first kappa shape index (κ1) is 14.7. The van der Waals surface area contributed by atoms with E-state index in [1.165, 1.54) is 24.3 Å². The fourth-order valence-electron chi connectivity index (χ4n) is 2.17. The second-order valence-corrected chi connectivity index (χ2v) is 4.84. The fourth-order valence-corrected chi connectivity index (χ4v) is 2.17. The van der Waals surface area contributed by atoms with Gasteiger partial charge in [-0.2, -0.15) is 0 Å². The number of oxime groups is 1. The molecule has 0 bridgehead atoms. The molecule has 0 fully saturated rings. The Labute approximate surface area is 131 Å². The number of carbonyl (C=O) groups excluding carboxylic acids is 1. The van der Waals surface area contributed by atoms with E-state index in [1.807, 2.05) is 30.3 Å². The normalized spacial score (nSPS) is 16.3. The summed E-state index contributed by atoms with van der Waals surface area (Å²) < 4.78 is 5.40. The number of hydrogen-bond donors (Lipinski definition) is 0. The first-order chi connectivity index (χ1) is 11.1. The van der Waals surface area contributed by atoms with Crippen LogP contribution in [0.5, 0.6) is 0 Å². The van der Waals surface area contributed by atoms with Crippen LogP contribution in [-0.2, 0) is 9.57 Å². The van der Waals surface area contributed by atoms with Crippen LogP contribution in [0.25, 0.3) is 0 Å². The molecule has 3 rings (SSSR count). The maximum atomic E-state index is 12.2. The van der Waals surface area contributed by atoms with E-state index in [0.29, 0.717) is 5.71 Å². The van der Waals surface area contributed by atoms with Gasteiger partial charge < -0.3 is 9.57 Å². The molecule has 1 heterocycles. The molecule has 1 aliphatic heterocycles. The highest BCUT2D eigenvalue weighted by molar-refractivity contribution is 6.05. The van der Waals surface area contributed by atoms with Gasteiger partial charge in [0.05, 0.1) is 10.5 Å². The fraction of sp³-hybridized carbons (Fsp3) is 0.125. The average molecular weight is 312 g/mol. The summed E-state index contributed by atoms with van der Waals surface area (Å²) in [4.78, 5) is 27.3. The predicted octanol–water partition coefficient (Wildman–Crippen LogP) is 2.55. The second-order valence-electron chi connectivity index (χ2n) is 4.84. The van der Waals surface area contributed by atoms with Crippen LogP contribution in [0.4, 0.5) is 5.69 Å². The Morgan fingerprint density at radius 3 is 2.52 bits per heavy atom. The van der Waals surface area contributed by atoms with E-state index in [4.69, 9.17) is 9.57 Å². The molecule has 2 aromatic rings. The van der Waals surface area contributed by atoms with E-state index in [-0.39, 0.29) is 17.9 Å². The Kier molecular flexibility index (Phi) is 4.01. The Morgan fingerprint density at radius 1 is 1.17 bits per heavy atom. The van der Waals surface area contributed by atoms with Crippen molar-refractivity contribution in [3.8, 4) is 0 Å². The summed E-state index contributed by atoms with van der Waals surface area (Å²) in [6.45, 7) is 0.142. The molecule has 0 spiro atoms. The lowest BCUT2D eigenvalue weighted by Gasteiger charge is -2.12. The summed E-state index contributed by atoms with van der Waals surface area (Å²) in [7, 11) is 0. The van der Waals surface area contributed by atoms with Crippen molar-refractivity contribution in [3.63, 3.8) is 0 Å². The Bertz CT molecular complexity index is 756. The van der Waals surface area contributed by atoms with Crippen molar-refractivity contribution in [1.82, 2.24) is 0 Å². The number of benzene rings is 2. The highest BCUT2D eigenvalue weighted by Crippen LogP contribution is 2.17. The molecule has 0 amide bonds. The van der Waals surface area contributed by atoms with Crippen molar-refractivity contribution >= 4 is 17.4 Å². The molecule has 0 aliphatic carbocycles.